The molecule has 2 aliphatic carbocycles. The number of esters is 2. The van der Waals surface area contributed by atoms with Crippen molar-refractivity contribution in [3.63, 3.8) is 0 Å². The predicted octanol–water partition coefficient (Wildman–Crippen LogP) is 9.22. The van der Waals surface area contributed by atoms with Crippen molar-refractivity contribution in [2.75, 3.05) is 39.7 Å². The monoisotopic (exact) mass is 1290 g/mol. The number of hydrogen-bond acceptors (Lipinski definition) is 16. The fourth-order valence-corrected chi connectivity index (χ4v) is 11.2. The van der Waals surface area contributed by atoms with Gasteiger partial charge in [-0.3, -0.25) is 4.79 Å². The molecule has 0 saturated heterocycles. The molecule has 8 N–H and O–H groups in total. The van der Waals surface area contributed by atoms with Crippen molar-refractivity contribution in [1.82, 2.24) is 31.9 Å². The van der Waals surface area contributed by atoms with Crippen LogP contribution < -0.4 is 31.9 Å². The molecule has 21 nitrogen and oxygen atoms in total. The molecule has 3 aromatic rings. The smallest absolute Gasteiger partial charge is 0.407 e. The van der Waals surface area contributed by atoms with E-state index < -0.39 is 103 Å². The van der Waals surface area contributed by atoms with Crippen LogP contribution in [0.5, 0.6) is 0 Å². The Balaban J connectivity index is 1.28. The van der Waals surface area contributed by atoms with E-state index in [2.05, 4.69) is 62.7 Å². The van der Waals surface area contributed by atoms with Gasteiger partial charge in [0.25, 0.3) is 0 Å². The van der Waals surface area contributed by atoms with E-state index in [1.165, 1.54) is 0 Å². The second-order valence-electron chi connectivity index (χ2n) is 27.4. The van der Waals surface area contributed by atoms with Gasteiger partial charge >= 0.3 is 196 Å². The Morgan fingerprint density at radius 3 is 1.67 bits per heavy atom. The Bertz CT molecular complexity index is 2900. The third-order valence-electron chi connectivity index (χ3n) is 14.6. The zero-order valence-electron chi connectivity index (χ0n) is 55.7. The maximum absolute atomic E-state index is 14.4. The Kier molecular flexibility index (Phi) is 29.0. The molecule has 1 fully saturated rings. The van der Waals surface area contributed by atoms with Gasteiger partial charge in [0.15, 0.2) is 6.29 Å². The average molecular weight is 1290 g/mol. The Hall–Kier alpha value is -6.90. The van der Waals surface area contributed by atoms with Crippen LogP contribution in [0.2, 0.25) is 0 Å². The van der Waals surface area contributed by atoms with E-state index in [4.69, 9.17) is 28.2 Å². The molecule has 6 atom stereocenters. The van der Waals surface area contributed by atoms with E-state index in [0.717, 1.165) is 52.7 Å². The third kappa shape index (κ3) is 27.8. The number of allylic oxidation sites excluding steroid dienone is 2. The van der Waals surface area contributed by atoms with Crippen LogP contribution in [-0.2, 0) is 63.6 Å². The van der Waals surface area contributed by atoms with Crippen molar-refractivity contribution in [2.24, 2.45) is 0 Å². The molecule has 504 valence electrons. The molecule has 1 saturated carbocycles. The molecule has 22 heteroatoms. The number of hydrogen-bond donors (Lipinski definition) is 8. The number of nitrogens with one attached hydrogen (secondary N) is 6. The van der Waals surface area contributed by atoms with Crippen molar-refractivity contribution in [3.05, 3.63) is 119 Å². The number of unbranched alkanes of at least 4 members (excludes halogenated alkanes) is 1. The van der Waals surface area contributed by atoms with Crippen LogP contribution in [0, 0.1) is 0 Å². The first kappa shape index (κ1) is 74.8. The molecule has 0 aliphatic heterocycles. The van der Waals surface area contributed by atoms with E-state index in [-0.39, 0.29) is 76.5 Å². The fraction of sp³-hybridized carbons (Fsp3) is 0.580. The van der Waals surface area contributed by atoms with Gasteiger partial charge in [0.1, 0.15) is 36.7 Å². The van der Waals surface area contributed by atoms with Crippen LogP contribution in [-0.4, -0.2) is 145 Å². The van der Waals surface area contributed by atoms with Crippen LogP contribution in [0.15, 0.2) is 102 Å². The zero-order valence-corrected chi connectivity index (χ0v) is 56.7. The molecule has 0 bridgehead atoms. The molecule has 0 radical (unpaired) electrons. The van der Waals surface area contributed by atoms with Gasteiger partial charge in [-0.05, 0) is 120 Å². The van der Waals surface area contributed by atoms with Gasteiger partial charge < -0.3 is 40.0 Å². The van der Waals surface area contributed by atoms with Crippen LogP contribution >= 0.6 is 7.49 Å². The number of aliphatic hydroxyl groups is 2. The van der Waals surface area contributed by atoms with Gasteiger partial charge in [0, 0.05) is 24.6 Å². The molecular formula is C69H103N6O15P. The van der Waals surface area contributed by atoms with E-state index >= 15 is 0 Å². The number of alkyl carbamates (subject to hydrolysis) is 1. The molecule has 5 rings (SSSR count). The number of benzene rings is 3. The minimum atomic E-state index is -2.23. The number of ether oxygens (including phenoxy) is 5. The van der Waals surface area contributed by atoms with Crippen molar-refractivity contribution in [1.29, 1.82) is 0 Å². The summed E-state index contributed by atoms with van der Waals surface area (Å²) in [6.07, 6.45) is -0.225. The van der Waals surface area contributed by atoms with Crippen LogP contribution in [0.25, 0.3) is 11.1 Å². The first-order chi connectivity index (χ1) is 42.7. The summed E-state index contributed by atoms with van der Waals surface area (Å²) < 4.78 is 34.7. The number of amides is 5. The largest absolute Gasteiger partial charge is 0.491 e. The molecule has 2 aliphatic rings. The van der Waals surface area contributed by atoms with Gasteiger partial charge in [0.2, 0.25) is 5.91 Å². The van der Waals surface area contributed by atoms with Gasteiger partial charge in [-0.25, -0.2) is 9.59 Å². The SMILES string of the molecule is C=C(CCC(=O)NC(CCC(=O)NC(CCC(O)OC(C)(C)C)C(=O)OC(C)(C)C)C(=O)NC(CCC(O)O[PH](C)(C)C)C(=O)OC(C)(C)C)NC(CCCCNC(=O)OCC1c2ccccc2-c2ccccc21)C(=O)NCC(OCc1ccccc1)=C1CCC1. The third-order valence-corrected chi connectivity index (χ3v) is 15.6. The summed E-state index contributed by atoms with van der Waals surface area (Å²) in [5.74, 6) is -3.44. The minimum absolute atomic E-state index is 0.00112. The molecule has 5 amide bonds. The van der Waals surface area contributed by atoms with Crippen molar-refractivity contribution in [3.8, 4) is 11.1 Å². The van der Waals surface area contributed by atoms with Gasteiger partial charge in [0.05, 0.1) is 12.1 Å². The van der Waals surface area contributed by atoms with Crippen molar-refractivity contribution < 1.29 is 72.0 Å². The number of rotatable bonds is 36. The van der Waals surface area contributed by atoms with Crippen molar-refractivity contribution in [2.45, 2.75) is 218 Å². The molecule has 0 heterocycles. The maximum Gasteiger partial charge on any atom is 0.407 e. The second kappa shape index (κ2) is 35.2. The zero-order chi connectivity index (χ0) is 67.1. The Morgan fingerprint density at radius 1 is 0.571 bits per heavy atom. The van der Waals surface area contributed by atoms with E-state index in [1.54, 1.807) is 62.3 Å². The molecular weight excluding hydrogens is 1180 g/mol. The fourth-order valence-electron chi connectivity index (χ4n) is 10.3. The molecule has 0 spiro atoms. The minimum Gasteiger partial charge on any atom is -0.491 e. The standard InChI is InChI=1S/C69H103N6O15P/c1-45(72-53(62(80)71-42-57(47-26-23-27-47)85-43-46-24-15-14-16-25-46)32-21-22-41-70-66(84)86-44-52-50-30-19-17-28-48(50)49-29-18-20-31-51(49)52)33-37-58(76)73-54(63(81)75-56(65(83)89-69(8,9)10)36-40-61(79)90-91(11,12)13)34-38-59(77)74-55(64(82)88-68(5,6)7)35-39-60(78)87-67(2,3)4/h14-20,24-25,28-31,52-56,60-61,72,78-79,91H,1,21-23,26-27,32-44H2,2-13H3,(H,70,84)(H,71,80)(H,73,76)(H,74,77)(H,75,81). The quantitative estimate of drug-likeness (QED) is 0.00672. The maximum atomic E-state index is 14.4. The van der Waals surface area contributed by atoms with Crippen LogP contribution in [0.3, 0.4) is 0 Å². The van der Waals surface area contributed by atoms with E-state index in [0.29, 0.717) is 37.3 Å². The van der Waals surface area contributed by atoms with Gasteiger partial charge in [-0.2, -0.15) is 0 Å². The first-order valence-electron chi connectivity index (χ1n) is 32.0. The number of aliphatic hydroxyl groups excluding tert-OH is 2. The summed E-state index contributed by atoms with van der Waals surface area (Å²) >= 11 is 0. The molecule has 0 aromatic heterocycles. The predicted molar refractivity (Wildman–Crippen MR) is 353 cm³/mol. The Labute approximate surface area is 539 Å². The number of carbonyl (C=O) groups excluding carboxylic acids is 7. The molecule has 3 aromatic carbocycles. The topological polar surface area (TPSA) is 288 Å². The van der Waals surface area contributed by atoms with Gasteiger partial charge in [-0.1, -0.05) is 85.4 Å². The first-order valence-corrected chi connectivity index (χ1v) is 35.4. The summed E-state index contributed by atoms with van der Waals surface area (Å²) in [5.41, 5.74) is 4.32. The number of fused-ring (bicyclic) bond motifs is 3. The van der Waals surface area contributed by atoms with E-state index in [9.17, 15) is 43.8 Å². The molecule has 6 unspecified atom stereocenters. The summed E-state index contributed by atoms with van der Waals surface area (Å²) in [4.78, 5) is 96.8. The number of carbonyl (C=O) groups is 7. The normalized spacial score (nSPS) is 15.3. The summed E-state index contributed by atoms with van der Waals surface area (Å²) in [5, 5.41) is 38.6. The van der Waals surface area contributed by atoms with E-state index in [1.807, 2.05) is 74.6 Å². The van der Waals surface area contributed by atoms with Gasteiger partial charge in [-0.15, -0.1) is 0 Å². The molecule has 91 heavy (non-hydrogen) atoms. The van der Waals surface area contributed by atoms with Crippen LogP contribution in [0.1, 0.15) is 175 Å². The summed E-state index contributed by atoms with van der Waals surface area (Å²) in [7, 11) is -2.23. The van der Waals surface area contributed by atoms with Crippen LogP contribution in [0.4, 0.5) is 4.79 Å². The average Bonchev–Trinajstić information content (AvgIpc) is 1.63. The summed E-state index contributed by atoms with van der Waals surface area (Å²) in [6, 6.07) is 21.2. The Morgan fingerprint density at radius 2 is 1.11 bits per heavy atom. The summed E-state index contributed by atoms with van der Waals surface area (Å²) in [6.45, 7) is 26.1. The van der Waals surface area contributed by atoms with Crippen molar-refractivity contribution >= 4 is 49.1 Å². The second-order valence-corrected chi connectivity index (χ2v) is 31.8.